The van der Waals surface area contributed by atoms with Crippen LogP contribution in [0.15, 0.2) is 73.2 Å². The molecule has 0 aliphatic rings. The van der Waals surface area contributed by atoms with Gasteiger partial charge < -0.3 is 0 Å². The molecule has 0 saturated heterocycles. The second-order valence-electron chi connectivity index (χ2n) is 8.07. The van der Waals surface area contributed by atoms with Crippen LogP contribution in [0.25, 0.3) is 28.1 Å². The van der Waals surface area contributed by atoms with Gasteiger partial charge >= 0.3 is 0 Å². The van der Waals surface area contributed by atoms with E-state index in [0.717, 1.165) is 58.1 Å². The Morgan fingerprint density at radius 2 is 1.45 bits per heavy atom. The summed E-state index contributed by atoms with van der Waals surface area (Å²) in [4.78, 5) is 9.41. The van der Waals surface area contributed by atoms with Gasteiger partial charge in [0.25, 0.3) is 0 Å². The monoisotopic (exact) mass is 434 g/mol. The van der Waals surface area contributed by atoms with E-state index in [0.29, 0.717) is 0 Å². The molecule has 0 amide bonds. The molecule has 6 aromatic rings. The molecule has 2 aromatic carbocycles. The molecule has 0 fully saturated rings. The van der Waals surface area contributed by atoms with Crippen molar-refractivity contribution in [3.05, 3.63) is 96.0 Å². The summed E-state index contributed by atoms with van der Waals surface area (Å²) in [6.45, 7) is 4.18. The zero-order valence-electron chi connectivity index (χ0n) is 18.4. The van der Waals surface area contributed by atoms with Crippen LogP contribution in [0.3, 0.4) is 0 Å². The van der Waals surface area contributed by atoms with Crippen LogP contribution < -0.4 is 0 Å². The number of aromatic nitrogens is 8. The number of hydrogen-bond acceptors (Lipinski definition) is 5. The van der Waals surface area contributed by atoms with E-state index < -0.39 is 0 Å². The number of nitrogens with zero attached hydrogens (tertiary/aromatic N) is 8. The SMILES string of the molecule is Cc1nn(-c2ccccc2)c(C)c1CCc1nc2c3cnn(-c4ccccc4)c3ncn2n1. The van der Waals surface area contributed by atoms with Crippen molar-refractivity contribution in [2.24, 2.45) is 0 Å². The van der Waals surface area contributed by atoms with Crippen LogP contribution in [0.5, 0.6) is 0 Å². The summed E-state index contributed by atoms with van der Waals surface area (Å²) in [6, 6.07) is 20.2. The molecule has 0 unspecified atom stereocenters. The van der Waals surface area contributed by atoms with Crippen molar-refractivity contribution >= 4 is 16.7 Å². The highest BCUT2D eigenvalue weighted by Gasteiger charge is 2.16. The van der Waals surface area contributed by atoms with Crippen molar-refractivity contribution < 1.29 is 0 Å². The Labute approximate surface area is 190 Å². The maximum Gasteiger partial charge on any atom is 0.170 e. The van der Waals surface area contributed by atoms with Gasteiger partial charge in [-0.2, -0.15) is 10.2 Å². The van der Waals surface area contributed by atoms with E-state index >= 15 is 0 Å². The maximum atomic E-state index is 4.82. The lowest BCUT2D eigenvalue weighted by atomic mass is 10.1. The van der Waals surface area contributed by atoms with Gasteiger partial charge in [-0.3, -0.25) is 0 Å². The molecule has 4 aromatic heterocycles. The predicted molar refractivity (Wildman–Crippen MR) is 126 cm³/mol. The Kier molecular flexibility index (Phi) is 4.50. The average molecular weight is 435 g/mol. The second kappa shape index (κ2) is 7.67. The lowest BCUT2D eigenvalue weighted by molar-refractivity contribution is 0.816. The molecule has 8 nitrogen and oxygen atoms in total. The Bertz CT molecular complexity index is 1580. The number of rotatable bonds is 5. The number of para-hydroxylation sites is 2. The minimum Gasteiger partial charge on any atom is -0.238 e. The van der Waals surface area contributed by atoms with E-state index in [1.54, 1.807) is 17.0 Å². The molecular formula is C25H22N8. The summed E-state index contributed by atoms with van der Waals surface area (Å²) in [5.74, 6) is 0.781. The standard InChI is InChI=1S/C25H22N8/c1-17-21(18(2)32(29-17)19-9-5-3-6-10-19)13-14-23-28-25-22-15-27-33(20-11-7-4-8-12-20)24(22)26-16-31(25)30-23/h3-12,15-16H,13-14H2,1-2H3. The fraction of sp³-hybridized carbons (Fsp3) is 0.160. The summed E-state index contributed by atoms with van der Waals surface area (Å²) in [7, 11) is 0. The third kappa shape index (κ3) is 3.27. The number of hydrogen-bond donors (Lipinski definition) is 0. The van der Waals surface area contributed by atoms with Gasteiger partial charge in [0.1, 0.15) is 6.33 Å². The van der Waals surface area contributed by atoms with Crippen molar-refractivity contribution in [3.63, 3.8) is 0 Å². The van der Waals surface area contributed by atoms with E-state index in [1.165, 1.54) is 5.56 Å². The van der Waals surface area contributed by atoms with Crippen LogP contribution in [0.2, 0.25) is 0 Å². The first kappa shape index (κ1) is 19.4. The first-order valence-corrected chi connectivity index (χ1v) is 10.9. The van der Waals surface area contributed by atoms with Gasteiger partial charge in [-0.05, 0) is 50.1 Å². The lowest BCUT2D eigenvalue weighted by Gasteiger charge is -2.04. The topological polar surface area (TPSA) is 78.7 Å². The van der Waals surface area contributed by atoms with Crippen molar-refractivity contribution in [3.8, 4) is 11.4 Å². The van der Waals surface area contributed by atoms with Crippen LogP contribution in [0.4, 0.5) is 0 Å². The molecule has 4 heterocycles. The molecule has 6 rings (SSSR count). The first-order chi connectivity index (χ1) is 16.2. The fourth-order valence-electron chi connectivity index (χ4n) is 4.32. The minimum atomic E-state index is 0.720. The van der Waals surface area contributed by atoms with E-state index in [-0.39, 0.29) is 0 Å². The van der Waals surface area contributed by atoms with Crippen molar-refractivity contribution in [1.82, 2.24) is 39.1 Å². The molecule has 0 atom stereocenters. The van der Waals surface area contributed by atoms with Crippen molar-refractivity contribution in [2.45, 2.75) is 26.7 Å². The average Bonchev–Trinajstić information content (AvgIpc) is 3.54. The number of aryl methyl sites for hydroxylation is 2. The van der Waals surface area contributed by atoms with Crippen LogP contribution in [-0.2, 0) is 12.8 Å². The summed E-state index contributed by atoms with van der Waals surface area (Å²) in [5.41, 5.74) is 6.99. The smallest absolute Gasteiger partial charge is 0.170 e. The Morgan fingerprint density at radius 3 is 2.18 bits per heavy atom. The molecule has 0 aliphatic carbocycles. The van der Waals surface area contributed by atoms with Gasteiger partial charge in [-0.1, -0.05) is 36.4 Å². The Balaban J connectivity index is 1.31. The molecule has 8 heteroatoms. The van der Waals surface area contributed by atoms with E-state index in [1.807, 2.05) is 57.9 Å². The van der Waals surface area contributed by atoms with Crippen LogP contribution in [0.1, 0.15) is 22.8 Å². The third-order valence-electron chi connectivity index (χ3n) is 5.99. The summed E-state index contributed by atoms with van der Waals surface area (Å²) in [6.07, 6.45) is 5.06. The summed E-state index contributed by atoms with van der Waals surface area (Å²) >= 11 is 0. The van der Waals surface area contributed by atoms with Crippen LogP contribution in [-0.4, -0.2) is 39.1 Å². The van der Waals surface area contributed by atoms with E-state index in [4.69, 9.17) is 10.1 Å². The highest BCUT2D eigenvalue weighted by atomic mass is 15.3. The van der Waals surface area contributed by atoms with Gasteiger partial charge in [0.05, 0.1) is 28.7 Å². The van der Waals surface area contributed by atoms with Gasteiger partial charge in [-0.25, -0.2) is 23.8 Å². The van der Waals surface area contributed by atoms with Crippen molar-refractivity contribution in [1.29, 1.82) is 0 Å². The van der Waals surface area contributed by atoms with Crippen LogP contribution >= 0.6 is 0 Å². The lowest BCUT2D eigenvalue weighted by Crippen LogP contribution is -2.00. The molecule has 33 heavy (non-hydrogen) atoms. The molecule has 0 spiro atoms. The van der Waals surface area contributed by atoms with Gasteiger partial charge in [-0.15, -0.1) is 5.10 Å². The number of benzene rings is 2. The normalized spacial score (nSPS) is 11.6. The third-order valence-corrected chi connectivity index (χ3v) is 5.99. The Hall–Kier alpha value is -4.33. The molecule has 0 bridgehead atoms. The largest absolute Gasteiger partial charge is 0.238 e. The van der Waals surface area contributed by atoms with Gasteiger partial charge in [0.2, 0.25) is 0 Å². The first-order valence-electron chi connectivity index (χ1n) is 10.9. The fourth-order valence-corrected chi connectivity index (χ4v) is 4.32. The quantitative estimate of drug-likeness (QED) is 0.409. The molecule has 0 radical (unpaired) electrons. The minimum absolute atomic E-state index is 0.720. The summed E-state index contributed by atoms with van der Waals surface area (Å²) < 4.78 is 5.57. The van der Waals surface area contributed by atoms with Gasteiger partial charge in [0, 0.05) is 12.1 Å². The summed E-state index contributed by atoms with van der Waals surface area (Å²) in [5, 5.41) is 14.8. The highest BCUT2D eigenvalue weighted by Crippen LogP contribution is 2.22. The molecule has 162 valence electrons. The van der Waals surface area contributed by atoms with E-state index in [2.05, 4.69) is 41.2 Å². The zero-order chi connectivity index (χ0) is 22.4. The maximum absolute atomic E-state index is 4.82. The molecule has 0 saturated carbocycles. The second-order valence-corrected chi connectivity index (χ2v) is 8.07. The highest BCUT2D eigenvalue weighted by molar-refractivity contribution is 5.89. The van der Waals surface area contributed by atoms with Crippen LogP contribution in [0, 0.1) is 13.8 Å². The van der Waals surface area contributed by atoms with Gasteiger partial charge in [0.15, 0.2) is 17.1 Å². The number of fused-ring (bicyclic) bond motifs is 3. The Morgan fingerprint density at radius 1 is 0.758 bits per heavy atom. The van der Waals surface area contributed by atoms with Crippen molar-refractivity contribution in [2.75, 3.05) is 0 Å². The molecule has 0 aliphatic heterocycles. The van der Waals surface area contributed by atoms with E-state index in [9.17, 15) is 0 Å². The molecular weight excluding hydrogens is 412 g/mol. The molecule has 0 N–H and O–H groups in total. The predicted octanol–water partition coefficient (Wildman–Crippen LogP) is 4.05. The zero-order valence-corrected chi connectivity index (χ0v) is 18.4.